The zero-order chi connectivity index (χ0) is 23.7. The number of β-lactam (4-membered cyclic amide) rings is 1. The van der Waals surface area contributed by atoms with Crippen molar-refractivity contribution in [2.24, 2.45) is 0 Å². The smallest absolute Gasteiger partial charge is 0.249 e. The molecule has 172 valence electrons. The number of methoxy groups -OCH3 is 3. The van der Waals surface area contributed by atoms with Gasteiger partial charge in [-0.2, -0.15) is 0 Å². The Balaban J connectivity index is 1.64. The first-order valence-corrected chi connectivity index (χ1v) is 11.3. The molecule has 10 heteroatoms. The van der Waals surface area contributed by atoms with Crippen LogP contribution in [0.3, 0.4) is 0 Å². The minimum Gasteiger partial charge on any atom is -0.493 e. The first kappa shape index (κ1) is 22.9. The van der Waals surface area contributed by atoms with Crippen molar-refractivity contribution in [2.45, 2.75) is 18.3 Å². The Kier molecular flexibility index (Phi) is 6.44. The summed E-state index contributed by atoms with van der Waals surface area (Å²) in [5.41, 5.74) is 3.04. The van der Waals surface area contributed by atoms with Gasteiger partial charge in [0.2, 0.25) is 17.6 Å². The molecule has 2 atom stereocenters. The molecule has 0 spiro atoms. The van der Waals surface area contributed by atoms with E-state index in [1.165, 1.54) is 39.6 Å². The zero-order valence-electron chi connectivity index (χ0n) is 18.4. The van der Waals surface area contributed by atoms with Crippen molar-refractivity contribution in [2.75, 3.05) is 31.5 Å². The molecule has 0 radical (unpaired) electrons. The Morgan fingerprint density at radius 2 is 1.73 bits per heavy atom. The third-order valence-electron chi connectivity index (χ3n) is 5.26. The number of rotatable bonds is 7. The van der Waals surface area contributed by atoms with Crippen molar-refractivity contribution in [3.63, 3.8) is 0 Å². The van der Waals surface area contributed by atoms with E-state index in [1.54, 1.807) is 29.2 Å². The second-order valence-electron chi connectivity index (χ2n) is 7.29. The van der Waals surface area contributed by atoms with Crippen molar-refractivity contribution < 1.29 is 23.8 Å². The van der Waals surface area contributed by atoms with Crippen molar-refractivity contribution in [1.29, 1.82) is 0 Å². The third-order valence-corrected chi connectivity index (χ3v) is 6.52. The highest BCUT2D eigenvalue weighted by atomic mass is 35.5. The number of carbonyl (C=O) groups excluding carboxylic acids is 2. The van der Waals surface area contributed by atoms with E-state index in [-0.39, 0.29) is 11.8 Å². The van der Waals surface area contributed by atoms with Gasteiger partial charge in [0.05, 0.1) is 33.1 Å². The number of nitrogens with one attached hydrogen (secondary N) is 1. The standard InChI is InChI=1S/C23H22ClN3O5S/c1-12(28)25-15-7-5-13(6-8-15)16-11-33-23(26-16)27-20(19(24)22(27)29)14-9-17(30-2)21(32-4)18(10-14)31-3/h5-11,19-20H,1-4H3,(H,25,28). The molecule has 1 aliphatic heterocycles. The monoisotopic (exact) mass is 487 g/mol. The van der Waals surface area contributed by atoms with E-state index in [9.17, 15) is 9.59 Å². The van der Waals surface area contributed by atoms with Crippen LogP contribution >= 0.6 is 22.9 Å². The summed E-state index contributed by atoms with van der Waals surface area (Å²) in [7, 11) is 4.60. The summed E-state index contributed by atoms with van der Waals surface area (Å²) in [4.78, 5) is 30.2. The minimum atomic E-state index is -0.739. The molecule has 33 heavy (non-hydrogen) atoms. The number of aromatic nitrogens is 1. The largest absolute Gasteiger partial charge is 0.493 e. The van der Waals surface area contributed by atoms with Gasteiger partial charge in [-0.25, -0.2) is 4.98 Å². The maximum Gasteiger partial charge on any atom is 0.249 e. The second kappa shape index (κ2) is 9.29. The van der Waals surface area contributed by atoms with Gasteiger partial charge >= 0.3 is 0 Å². The van der Waals surface area contributed by atoms with E-state index < -0.39 is 11.4 Å². The van der Waals surface area contributed by atoms with E-state index >= 15 is 0 Å². The number of nitrogens with zero attached hydrogens (tertiary/aromatic N) is 2. The molecule has 1 N–H and O–H groups in total. The lowest BCUT2D eigenvalue weighted by Crippen LogP contribution is -2.56. The average Bonchev–Trinajstić information content (AvgIpc) is 3.30. The first-order valence-electron chi connectivity index (χ1n) is 9.98. The highest BCUT2D eigenvalue weighted by molar-refractivity contribution is 7.14. The SMILES string of the molecule is COc1cc(C2C(Cl)C(=O)N2c2nc(-c3ccc(NC(C)=O)cc3)cs2)cc(OC)c1OC. The predicted molar refractivity (Wildman–Crippen MR) is 128 cm³/mol. The van der Waals surface area contributed by atoms with E-state index in [4.69, 9.17) is 25.8 Å². The molecule has 0 aliphatic carbocycles. The normalized spacial score (nSPS) is 17.4. The molecular formula is C23H22ClN3O5S. The number of halogens is 1. The van der Waals surface area contributed by atoms with Gasteiger partial charge in [-0.1, -0.05) is 12.1 Å². The van der Waals surface area contributed by atoms with Crippen LogP contribution in [0.1, 0.15) is 18.5 Å². The van der Waals surface area contributed by atoms with Gasteiger partial charge in [0.15, 0.2) is 16.6 Å². The molecule has 1 aromatic heterocycles. The quantitative estimate of drug-likeness (QED) is 0.390. The average molecular weight is 488 g/mol. The van der Waals surface area contributed by atoms with Gasteiger partial charge in [0, 0.05) is 23.6 Å². The summed E-state index contributed by atoms with van der Waals surface area (Å²) in [5.74, 6) is 1.07. The van der Waals surface area contributed by atoms with Crippen LogP contribution < -0.4 is 24.4 Å². The summed E-state index contributed by atoms with van der Waals surface area (Å²) < 4.78 is 16.3. The molecule has 2 unspecified atom stereocenters. The highest BCUT2D eigenvalue weighted by Crippen LogP contribution is 2.48. The molecule has 2 heterocycles. The van der Waals surface area contributed by atoms with E-state index in [0.717, 1.165) is 16.8 Å². The fraction of sp³-hybridized carbons (Fsp3) is 0.261. The molecule has 0 saturated carbocycles. The maximum absolute atomic E-state index is 12.7. The lowest BCUT2D eigenvalue weighted by Gasteiger charge is -2.43. The van der Waals surface area contributed by atoms with Crippen molar-refractivity contribution >= 4 is 45.6 Å². The van der Waals surface area contributed by atoms with Crippen LogP contribution in [-0.4, -0.2) is 43.5 Å². The first-order chi connectivity index (χ1) is 15.9. The van der Waals surface area contributed by atoms with Gasteiger partial charge in [-0.05, 0) is 29.8 Å². The summed E-state index contributed by atoms with van der Waals surface area (Å²) in [6.45, 7) is 1.46. The van der Waals surface area contributed by atoms with Crippen LogP contribution in [0.5, 0.6) is 17.2 Å². The Bertz CT molecular complexity index is 1170. The van der Waals surface area contributed by atoms with E-state index in [1.807, 2.05) is 17.5 Å². The van der Waals surface area contributed by atoms with Crippen LogP contribution in [0.25, 0.3) is 11.3 Å². The highest BCUT2D eigenvalue weighted by Gasteiger charge is 2.49. The molecular weight excluding hydrogens is 466 g/mol. The van der Waals surface area contributed by atoms with E-state index in [2.05, 4.69) is 10.3 Å². The summed E-state index contributed by atoms with van der Waals surface area (Å²) in [6.07, 6.45) is 0. The summed E-state index contributed by atoms with van der Waals surface area (Å²) in [6, 6.07) is 10.5. The van der Waals surface area contributed by atoms with Crippen molar-refractivity contribution in [3.8, 4) is 28.5 Å². The van der Waals surface area contributed by atoms with Crippen LogP contribution in [0.15, 0.2) is 41.8 Å². The van der Waals surface area contributed by atoms with Crippen molar-refractivity contribution in [1.82, 2.24) is 4.98 Å². The molecule has 8 nitrogen and oxygen atoms in total. The molecule has 0 bridgehead atoms. The van der Waals surface area contributed by atoms with Crippen LogP contribution in [0.4, 0.5) is 10.8 Å². The number of hydrogen-bond acceptors (Lipinski definition) is 7. The summed E-state index contributed by atoms with van der Waals surface area (Å²) >= 11 is 7.78. The number of alkyl halides is 1. The Morgan fingerprint density at radius 3 is 2.27 bits per heavy atom. The Labute approximate surface area is 200 Å². The molecule has 4 rings (SSSR count). The maximum atomic E-state index is 12.7. The van der Waals surface area contributed by atoms with Crippen molar-refractivity contribution in [3.05, 3.63) is 47.3 Å². The molecule has 2 aromatic carbocycles. The fourth-order valence-electron chi connectivity index (χ4n) is 3.69. The van der Waals surface area contributed by atoms with Gasteiger partial charge < -0.3 is 19.5 Å². The van der Waals surface area contributed by atoms with Gasteiger partial charge in [-0.15, -0.1) is 22.9 Å². The lowest BCUT2D eigenvalue weighted by atomic mass is 9.93. The number of anilines is 2. The number of benzene rings is 2. The number of amides is 2. The summed E-state index contributed by atoms with van der Waals surface area (Å²) in [5, 5.41) is 4.41. The van der Waals surface area contributed by atoms with Gasteiger partial charge in [-0.3, -0.25) is 14.5 Å². The van der Waals surface area contributed by atoms with Crippen LogP contribution in [0.2, 0.25) is 0 Å². The van der Waals surface area contributed by atoms with Crippen LogP contribution in [0, 0.1) is 0 Å². The third kappa shape index (κ3) is 4.21. The zero-order valence-corrected chi connectivity index (χ0v) is 20.0. The fourth-order valence-corrected chi connectivity index (χ4v) is 4.93. The number of ether oxygens (including phenoxy) is 3. The molecule has 1 aliphatic rings. The minimum absolute atomic E-state index is 0.136. The Morgan fingerprint density at radius 1 is 1.09 bits per heavy atom. The lowest BCUT2D eigenvalue weighted by molar-refractivity contribution is -0.123. The number of hydrogen-bond donors (Lipinski definition) is 1. The number of carbonyl (C=O) groups is 2. The van der Waals surface area contributed by atoms with E-state index in [0.29, 0.717) is 28.1 Å². The molecule has 3 aromatic rings. The number of thiazole rings is 1. The molecule has 2 amide bonds. The van der Waals surface area contributed by atoms with Crippen LogP contribution in [-0.2, 0) is 9.59 Å². The van der Waals surface area contributed by atoms with Gasteiger partial charge in [0.1, 0.15) is 5.38 Å². The second-order valence-corrected chi connectivity index (χ2v) is 8.59. The van der Waals surface area contributed by atoms with Gasteiger partial charge in [0.25, 0.3) is 0 Å². The molecule has 1 saturated heterocycles. The molecule has 1 fully saturated rings. The Hall–Kier alpha value is -3.30. The topological polar surface area (TPSA) is 90.0 Å². The predicted octanol–water partition coefficient (Wildman–Crippen LogP) is 4.49.